The smallest absolute Gasteiger partial charge is 0.323 e. The maximum Gasteiger partial charge on any atom is 0.323 e. The van der Waals surface area contributed by atoms with E-state index in [-0.39, 0.29) is 12.0 Å². The minimum absolute atomic E-state index is 0.116. The first kappa shape index (κ1) is 12.2. The SMILES string of the molecule is CCOC(=O)C(CC)NC1CC=CCC1. The maximum atomic E-state index is 11.5. The van der Waals surface area contributed by atoms with Gasteiger partial charge in [-0.25, -0.2) is 0 Å². The van der Waals surface area contributed by atoms with Gasteiger partial charge in [0.15, 0.2) is 0 Å². The van der Waals surface area contributed by atoms with Crippen LogP contribution in [0, 0.1) is 0 Å². The molecular formula is C12H21NO2. The molecule has 0 aliphatic heterocycles. The Morgan fingerprint density at radius 3 is 2.87 bits per heavy atom. The normalized spacial score (nSPS) is 22.4. The molecule has 3 heteroatoms. The summed E-state index contributed by atoms with van der Waals surface area (Å²) < 4.78 is 5.02. The second-order valence-corrected chi connectivity index (χ2v) is 3.86. The lowest BCUT2D eigenvalue weighted by molar-refractivity contribution is -0.146. The van der Waals surface area contributed by atoms with Crippen molar-refractivity contribution in [3.63, 3.8) is 0 Å². The van der Waals surface area contributed by atoms with Crippen molar-refractivity contribution in [2.45, 2.75) is 51.6 Å². The van der Waals surface area contributed by atoms with Crippen LogP contribution in [0.25, 0.3) is 0 Å². The molecule has 2 atom stereocenters. The molecule has 2 unspecified atom stereocenters. The number of nitrogens with one attached hydrogen (secondary N) is 1. The van der Waals surface area contributed by atoms with Crippen LogP contribution in [0.4, 0.5) is 0 Å². The number of hydrogen-bond acceptors (Lipinski definition) is 3. The molecule has 1 aliphatic rings. The van der Waals surface area contributed by atoms with Crippen molar-refractivity contribution in [1.29, 1.82) is 0 Å². The summed E-state index contributed by atoms with van der Waals surface area (Å²) in [6.45, 7) is 4.31. The van der Waals surface area contributed by atoms with Crippen molar-refractivity contribution < 1.29 is 9.53 Å². The third kappa shape index (κ3) is 4.04. The molecule has 1 rings (SSSR count). The lowest BCUT2D eigenvalue weighted by atomic mass is 10.0. The molecule has 0 fully saturated rings. The van der Waals surface area contributed by atoms with Crippen LogP contribution in [-0.4, -0.2) is 24.7 Å². The minimum atomic E-state index is -0.138. The maximum absolute atomic E-state index is 11.5. The van der Waals surface area contributed by atoms with Gasteiger partial charge in [-0.1, -0.05) is 19.1 Å². The lowest BCUT2D eigenvalue weighted by Gasteiger charge is -2.24. The molecule has 1 N–H and O–H groups in total. The average molecular weight is 211 g/mol. The fourth-order valence-corrected chi connectivity index (χ4v) is 1.82. The van der Waals surface area contributed by atoms with E-state index in [0.29, 0.717) is 12.6 Å². The van der Waals surface area contributed by atoms with Gasteiger partial charge in [0.25, 0.3) is 0 Å². The van der Waals surface area contributed by atoms with E-state index in [4.69, 9.17) is 4.74 Å². The first-order valence-corrected chi connectivity index (χ1v) is 5.85. The van der Waals surface area contributed by atoms with Crippen molar-refractivity contribution in [2.24, 2.45) is 0 Å². The van der Waals surface area contributed by atoms with Crippen LogP contribution in [0.15, 0.2) is 12.2 Å². The Kier molecular flexibility index (Phi) is 5.40. The van der Waals surface area contributed by atoms with E-state index >= 15 is 0 Å². The fraction of sp³-hybridized carbons (Fsp3) is 0.750. The third-order valence-electron chi connectivity index (χ3n) is 2.69. The summed E-state index contributed by atoms with van der Waals surface area (Å²) in [5.74, 6) is -0.116. The summed E-state index contributed by atoms with van der Waals surface area (Å²) in [5, 5.41) is 3.36. The summed E-state index contributed by atoms with van der Waals surface area (Å²) in [4.78, 5) is 11.5. The van der Waals surface area contributed by atoms with E-state index in [9.17, 15) is 4.79 Å². The highest BCUT2D eigenvalue weighted by molar-refractivity contribution is 5.75. The Balaban J connectivity index is 2.38. The van der Waals surface area contributed by atoms with Crippen LogP contribution in [0.2, 0.25) is 0 Å². The lowest BCUT2D eigenvalue weighted by Crippen LogP contribution is -2.44. The average Bonchev–Trinajstić information content (AvgIpc) is 2.27. The largest absolute Gasteiger partial charge is 0.465 e. The Labute approximate surface area is 91.9 Å². The van der Waals surface area contributed by atoms with Crippen molar-refractivity contribution in [3.8, 4) is 0 Å². The van der Waals surface area contributed by atoms with E-state index in [2.05, 4.69) is 17.5 Å². The quantitative estimate of drug-likeness (QED) is 0.558. The van der Waals surface area contributed by atoms with Gasteiger partial charge in [-0.2, -0.15) is 0 Å². The van der Waals surface area contributed by atoms with E-state index in [1.807, 2.05) is 13.8 Å². The number of carbonyl (C=O) groups excluding carboxylic acids is 1. The van der Waals surface area contributed by atoms with E-state index in [1.54, 1.807) is 0 Å². The van der Waals surface area contributed by atoms with Gasteiger partial charge in [0.2, 0.25) is 0 Å². The van der Waals surface area contributed by atoms with E-state index in [1.165, 1.54) is 0 Å². The zero-order valence-electron chi connectivity index (χ0n) is 9.66. The number of ether oxygens (including phenoxy) is 1. The second-order valence-electron chi connectivity index (χ2n) is 3.86. The third-order valence-corrected chi connectivity index (χ3v) is 2.69. The van der Waals surface area contributed by atoms with Crippen LogP contribution >= 0.6 is 0 Å². The van der Waals surface area contributed by atoms with Crippen molar-refractivity contribution in [1.82, 2.24) is 5.32 Å². The Morgan fingerprint density at radius 2 is 2.33 bits per heavy atom. The number of esters is 1. The number of rotatable bonds is 5. The molecule has 1 aliphatic carbocycles. The van der Waals surface area contributed by atoms with Crippen LogP contribution in [0.1, 0.15) is 39.5 Å². The molecular weight excluding hydrogens is 190 g/mol. The molecule has 0 heterocycles. The monoisotopic (exact) mass is 211 g/mol. The summed E-state index contributed by atoms with van der Waals surface area (Å²) in [6.07, 6.45) is 8.42. The fourth-order valence-electron chi connectivity index (χ4n) is 1.82. The molecule has 0 aromatic rings. The first-order chi connectivity index (χ1) is 7.27. The molecule has 0 bridgehead atoms. The van der Waals surface area contributed by atoms with Crippen molar-refractivity contribution in [2.75, 3.05) is 6.61 Å². The van der Waals surface area contributed by atoms with Crippen LogP contribution in [0.3, 0.4) is 0 Å². The Morgan fingerprint density at radius 1 is 1.53 bits per heavy atom. The zero-order chi connectivity index (χ0) is 11.1. The zero-order valence-corrected chi connectivity index (χ0v) is 9.66. The molecule has 15 heavy (non-hydrogen) atoms. The summed E-state index contributed by atoms with van der Waals surface area (Å²) in [7, 11) is 0. The number of allylic oxidation sites excluding steroid dienone is 1. The Hall–Kier alpha value is -0.830. The van der Waals surface area contributed by atoms with E-state index in [0.717, 1.165) is 25.7 Å². The van der Waals surface area contributed by atoms with Crippen LogP contribution in [-0.2, 0) is 9.53 Å². The highest BCUT2D eigenvalue weighted by Gasteiger charge is 2.21. The second kappa shape index (κ2) is 6.62. The van der Waals surface area contributed by atoms with Gasteiger partial charge in [-0.05, 0) is 32.6 Å². The summed E-state index contributed by atoms with van der Waals surface area (Å²) in [5.41, 5.74) is 0. The van der Waals surface area contributed by atoms with Gasteiger partial charge in [0.1, 0.15) is 6.04 Å². The van der Waals surface area contributed by atoms with Crippen LogP contribution < -0.4 is 5.32 Å². The first-order valence-electron chi connectivity index (χ1n) is 5.85. The van der Waals surface area contributed by atoms with Crippen LogP contribution in [0.5, 0.6) is 0 Å². The van der Waals surface area contributed by atoms with Gasteiger partial charge in [0.05, 0.1) is 6.61 Å². The molecule has 3 nitrogen and oxygen atoms in total. The predicted octanol–water partition coefficient (Wildman–Crippen LogP) is 2.03. The van der Waals surface area contributed by atoms with Gasteiger partial charge < -0.3 is 10.1 Å². The Bertz CT molecular complexity index is 226. The minimum Gasteiger partial charge on any atom is -0.465 e. The molecule has 86 valence electrons. The van der Waals surface area contributed by atoms with Gasteiger partial charge in [-0.15, -0.1) is 0 Å². The molecule has 0 aromatic carbocycles. The standard InChI is InChI=1S/C12H21NO2/c1-3-11(12(14)15-4-2)13-10-8-6-5-7-9-10/h5-6,10-11,13H,3-4,7-9H2,1-2H3. The molecule has 0 amide bonds. The van der Waals surface area contributed by atoms with Gasteiger partial charge in [-0.3, -0.25) is 4.79 Å². The molecule has 0 aromatic heterocycles. The molecule has 0 radical (unpaired) electrons. The topological polar surface area (TPSA) is 38.3 Å². The highest BCUT2D eigenvalue weighted by atomic mass is 16.5. The molecule has 0 saturated heterocycles. The van der Waals surface area contributed by atoms with Crippen molar-refractivity contribution in [3.05, 3.63) is 12.2 Å². The summed E-state index contributed by atoms with van der Waals surface area (Å²) >= 11 is 0. The van der Waals surface area contributed by atoms with Gasteiger partial charge in [0, 0.05) is 6.04 Å². The molecule has 0 spiro atoms. The summed E-state index contributed by atoms with van der Waals surface area (Å²) in [6, 6.07) is 0.297. The van der Waals surface area contributed by atoms with Crippen molar-refractivity contribution >= 4 is 5.97 Å². The number of hydrogen-bond donors (Lipinski definition) is 1. The number of carbonyl (C=O) groups is 1. The van der Waals surface area contributed by atoms with Gasteiger partial charge >= 0.3 is 5.97 Å². The highest BCUT2D eigenvalue weighted by Crippen LogP contribution is 2.12. The van der Waals surface area contributed by atoms with E-state index < -0.39 is 0 Å². The predicted molar refractivity (Wildman–Crippen MR) is 60.6 cm³/mol. The molecule has 0 saturated carbocycles.